The van der Waals surface area contributed by atoms with E-state index in [1.54, 1.807) is 6.92 Å². The van der Waals surface area contributed by atoms with Gasteiger partial charge in [0.1, 0.15) is 24.7 Å². The number of carbonyl (C=O) groups excluding carboxylic acids is 5. The van der Waals surface area contributed by atoms with Crippen molar-refractivity contribution < 1.29 is 33.4 Å². The maximum atomic E-state index is 13.8. The Morgan fingerprint density at radius 3 is 2.00 bits per heavy atom. The van der Waals surface area contributed by atoms with E-state index < -0.39 is 60.0 Å². The van der Waals surface area contributed by atoms with Crippen molar-refractivity contribution in [2.24, 2.45) is 11.8 Å². The molecule has 0 bridgehead atoms. The average molecular weight is 595 g/mol. The Hall–Kier alpha value is -4.41. The van der Waals surface area contributed by atoms with E-state index in [2.05, 4.69) is 20.7 Å². The van der Waals surface area contributed by atoms with Gasteiger partial charge in [0.05, 0.1) is 19.1 Å². The molecule has 43 heavy (non-hydrogen) atoms. The number of hydrogen-bond acceptors (Lipinski definition) is 7. The third kappa shape index (κ3) is 8.12. The first kappa shape index (κ1) is 33.1. The third-order valence-corrected chi connectivity index (χ3v) is 7.92. The number of β-lactam (4-membered cyclic amide) rings is 1. The first-order valence-corrected chi connectivity index (χ1v) is 14.5. The minimum atomic E-state index is -0.974. The van der Waals surface area contributed by atoms with Gasteiger partial charge in [-0.05, 0) is 37.8 Å². The molecule has 7 atom stereocenters. The number of methoxy groups -OCH3 is 1. The Morgan fingerprint density at radius 2 is 1.42 bits per heavy atom. The van der Waals surface area contributed by atoms with Crippen LogP contribution < -0.4 is 16.0 Å². The number of rotatable bonds is 13. The summed E-state index contributed by atoms with van der Waals surface area (Å²) in [5.41, 5.74) is 1.66. The van der Waals surface area contributed by atoms with Crippen LogP contribution in [0.25, 0.3) is 0 Å². The van der Waals surface area contributed by atoms with Crippen LogP contribution in [0, 0.1) is 11.8 Å². The van der Waals surface area contributed by atoms with Gasteiger partial charge in [0.25, 0.3) is 0 Å². The zero-order chi connectivity index (χ0) is 31.7. The average Bonchev–Trinajstić information content (AvgIpc) is 3.01. The molecular weight excluding hydrogens is 552 g/mol. The molecule has 1 saturated heterocycles. The van der Waals surface area contributed by atoms with Crippen molar-refractivity contribution in [1.29, 1.82) is 0 Å². The monoisotopic (exact) mass is 594 g/mol. The molecular formula is C32H42N4O7. The Morgan fingerprint density at radius 1 is 0.837 bits per heavy atom. The fraction of sp³-hybridized carbons (Fsp3) is 0.469. The van der Waals surface area contributed by atoms with Gasteiger partial charge in [-0.3, -0.25) is 14.4 Å². The van der Waals surface area contributed by atoms with Crippen LogP contribution >= 0.6 is 0 Å². The first-order chi connectivity index (χ1) is 20.5. The van der Waals surface area contributed by atoms with E-state index in [0.29, 0.717) is 6.42 Å². The lowest BCUT2D eigenvalue weighted by atomic mass is 9.72. The number of amides is 4. The molecule has 1 heterocycles. The van der Waals surface area contributed by atoms with Gasteiger partial charge in [-0.25, -0.2) is 9.59 Å². The molecule has 4 amide bonds. The van der Waals surface area contributed by atoms with Gasteiger partial charge < -0.3 is 30.3 Å². The SMILES string of the molecule is CC[C@H](C)[C@H](NC(=O)OCc1ccccc1)[C@H]1C(=O)N([C@@H](C)C(=O)N[C@@H](C)C(=O)N[C@@H](C)C(=O)OC)[C@@H]1c1ccccc1. The molecule has 0 spiro atoms. The maximum absolute atomic E-state index is 13.8. The zero-order valence-corrected chi connectivity index (χ0v) is 25.5. The molecule has 0 aromatic heterocycles. The number of carbonyl (C=O) groups is 5. The molecule has 1 aliphatic rings. The third-order valence-electron chi connectivity index (χ3n) is 7.92. The van der Waals surface area contributed by atoms with Gasteiger partial charge in [0.15, 0.2) is 0 Å². The molecule has 3 rings (SSSR count). The summed E-state index contributed by atoms with van der Waals surface area (Å²) in [4.78, 5) is 65.7. The quantitative estimate of drug-likeness (QED) is 0.239. The van der Waals surface area contributed by atoms with Crippen LogP contribution in [0.5, 0.6) is 0 Å². The summed E-state index contributed by atoms with van der Waals surface area (Å²) in [6.07, 6.45) is 0.0701. The van der Waals surface area contributed by atoms with Gasteiger partial charge in [-0.1, -0.05) is 80.9 Å². The largest absolute Gasteiger partial charge is 0.467 e. The topological polar surface area (TPSA) is 143 Å². The van der Waals surface area contributed by atoms with Gasteiger partial charge in [0.2, 0.25) is 17.7 Å². The molecule has 1 fully saturated rings. The molecule has 11 nitrogen and oxygen atoms in total. The van der Waals surface area contributed by atoms with Gasteiger partial charge in [-0.15, -0.1) is 0 Å². The second-order valence-electron chi connectivity index (χ2n) is 10.9. The molecule has 2 aromatic carbocycles. The van der Waals surface area contributed by atoms with Crippen LogP contribution in [0.1, 0.15) is 58.2 Å². The van der Waals surface area contributed by atoms with Gasteiger partial charge in [0, 0.05) is 6.04 Å². The van der Waals surface area contributed by atoms with Crippen molar-refractivity contribution in [3.8, 4) is 0 Å². The highest BCUT2D eigenvalue weighted by Crippen LogP contribution is 2.45. The standard InChI is InChI=1S/C32H42N4O7/c1-7-19(2)26(35-32(41)43-18-23-14-10-8-11-15-23)25-27(24-16-12-9-13-17-24)36(30(25)39)22(5)29(38)33-20(3)28(37)34-21(4)31(40)42-6/h8-17,19-22,25-27H,7,18H2,1-6H3,(H,33,38)(H,34,37)(H,35,41)/t19-,20-,21-,22-,25+,26-,27+/m0/s1. The number of benzene rings is 2. The molecule has 1 aliphatic heterocycles. The molecule has 2 aromatic rings. The van der Waals surface area contributed by atoms with Crippen molar-refractivity contribution in [2.75, 3.05) is 7.11 Å². The van der Waals surface area contributed by atoms with Crippen molar-refractivity contribution >= 4 is 29.8 Å². The first-order valence-electron chi connectivity index (χ1n) is 14.5. The van der Waals surface area contributed by atoms with E-state index in [-0.39, 0.29) is 18.4 Å². The maximum Gasteiger partial charge on any atom is 0.407 e. The lowest BCUT2D eigenvalue weighted by Crippen LogP contribution is -2.68. The number of nitrogens with one attached hydrogen (secondary N) is 3. The molecule has 3 N–H and O–H groups in total. The highest BCUT2D eigenvalue weighted by atomic mass is 16.5. The van der Waals surface area contributed by atoms with E-state index in [1.165, 1.54) is 25.9 Å². The van der Waals surface area contributed by atoms with Crippen molar-refractivity contribution in [1.82, 2.24) is 20.9 Å². The minimum absolute atomic E-state index is 0.0729. The predicted octanol–water partition coefficient (Wildman–Crippen LogP) is 3.10. The fourth-order valence-electron chi connectivity index (χ4n) is 5.18. The number of likely N-dealkylation sites (tertiary alicyclic amines) is 1. The van der Waals surface area contributed by atoms with E-state index in [0.717, 1.165) is 11.1 Å². The Bertz CT molecular complexity index is 1270. The van der Waals surface area contributed by atoms with Crippen LogP contribution in [-0.2, 0) is 35.3 Å². The Labute approximate surface area is 252 Å². The second kappa shape index (κ2) is 15.2. The Balaban J connectivity index is 1.77. The summed E-state index contributed by atoms with van der Waals surface area (Å²) in [7, 11) is 1.22. The summed E-state index contributed by atoms with van der Waals surface area (Å²) < 4.78 is 10.1. The molecule has 232 valence electrons. The lowest BCUT2D eigenvalue weighted by Gasteiger charge is -2.53. The normalized spacial score (nSPS) is 19.5. The summed E-state index contributed by atoms with van der Waals surface area (Å²) in [5.74, 6) is -2.72. The molecule has 0 unspecified atom stereocenters. The van der Waals surface area contributed by atoms with Crippen LogP contribution in [0.3, 0.4) is 0 Å². The number of nitrogens with zero attached hydrogens (tertiary/aromatic N) is 1. The van der Waals surface area contributed by atoms with Crippen LogP contribution in [0.4, 0.5) is 4.79 Å². The highest BCUT2D eigenvalue weighted by Gasteiger charge is 2.55. The van der Waals surface area contributed by atoms with Gasteiger partial charge >= 0.3 is 12.1 Å². The summed E-state index contributed by atoms with van der Waals surface area (Å²) in [6, 6.07) is 14.8. The predicted molar refractivity (Wildman–Crippen MR) is 159 cm³/mol. The van der Waals surface area contributed by atoms with E-state index in [4.69, 9.17) is 4.74 Å². The smallest absolute Gasteiger partial charge is 0.407 e. The molecule has 0 aliphatic carbocycles. The van der Waals surface area contributed by atoms with E-state index in [1.807, 2.05) is 74.5 Å². The molecule has 11 heteroatoms. The van der Waals surface area contributed by atoms with Crippen LogP contribution in [0.2, 0.25) is 0 Å². The van der Waals surface area contributed by atoms with Crippen molar-refractivity contribution in [2.45, 2.75) is 77.9 Å². The Kier molecular flexibility index (Phi) is 11.7. The summed E-state index contributed by atoms with van der Waals surface area (Å²) in [6.45, 7) is 8.60. The number of ether oxygens (including phenoxy) is 2. The van der Waals surface area contributed by atoms with E-state index >= 15 is 0 Å². The minimum Gasteiger partial charge on any atom is -0.467 e. The lowest BCUT2D eigenvalue weighted by molar-refractivity contribution is -0.168. The summed E-state index contributed by atoms with van der Waals surface area (Å²) >= 11 is 0. The highest BCUT2D eigenvalue weighted by molar-refractivity contribution is 5.96. The number of alkyl carbamates (subject to hydrolysis) is 1. The summed E-state index contributed by atoms with van der Waals surface area (Å²) in [5, 5.41) is 8.07. The molecule has 0 radical (unpaired) electrons. The number of hydrogen-bond donors (Lipinski definition) is 3. The van der Waals surface area contributed by atoms with Gasteiger partial charge in [-0.2, -0.15) is 0 Å². The second-order valence-corrected chi connectivity index (χ2v) is 10.9. The van der Waals surface area contributed by atoms with Crippen molar-refractivity contribution in [3.05, 3.63) is 71.8 Å². The van der Waals surface area contributed by atoms with Crippen LogP contribution in [0.15, 0.2) is 60.7 Å². The zero-order valence-electron chi connectivity index (χ0n) is 25.5. The molecule has 0 saturated carbocycles. The van der Waals surface area contributed by atoms with Crippen molar-refractivity contribution in [3.63, 3.8) is 0 Å². The fourth-order valence-corrected chi connectivity index (χ4v) is 5.18. The van der Waals surface area contributed by atoms with E-state index in [9.17, 15) is 24.0 Å². The van der Waals surface area contributed by atoms with Crippen LogP contribution in [-0.4, -0.2) is 66.0 Å². The number of esters is 1.